The Hall–Kier alpha value is -1.98. The molecule has 0 spiro atoms. The molecule has 8 nitrogen and oxygen atoms in total. The lowest BCUT2D eigenvalue weighted by molar-refractivity contribution is -0.309. The Labute approximate surface area is 153 Å². The molecule has 3 rings (SSSR count). The van der Waals surface area contributed by atoms with Crippen LogP contribution in [0.3, 0.4) is 0 Å². The third-order valence-electron chi connectivity index (χ3n) is 3.82. The molecule has 0 saturated carbocycles. The Balaban J connectivity index is 1.85. The van der Waals surface area contributed by atoms with Gasteiger partial charge in [0.1, 0.15) is 12.4 Å². The van der Waals surface area contributed by atoms with Gasteiger partial charge in [-0.05, 0) is 18.2 Å². The first kappa shape index (κ1) is 18.8. The van der Waals surface area contributed by atoms with Crippen molar-refractivity contribution >= 4 is 44.3 Å². The molecule has 0 bridgehead atoms. The number of aliphatic carboxylic acids is 1. The molecule has 1 aromatic rings. The molecule has 1 aromatic carbocycles. The van der Waals surface area contributed by atoms with E-state index in [9.17, 15) is 27.5 Å². The number of nitrogens with zero attached hydrogens (tertiary/aromatic N) is 2. The summed E-state index contributed by atoms with van der Waals surface area (Å²) in [6.45, 7) is -1.29. The molecule has 1 amide bonds. The molecule has 0 aliphatic carbocycles. The van der Waals surface area contributed by atoms with Crippen LogP contribution < -0.4 is 10.0 Å². The Bertz CT molecular complexity index is 873. The summed E-state index contributed by atoms with van der Waals surface area (Å²) in [4.78, 5) is 27.7. The zero-order valence-electron chi connectivity index (χ0n) is 13.3. The zero-order valence-corrected chi connectivity index (χ0v) is 15.0. The van der Waals surface area contributed by atoms with Crippen LogP contribution in [0.2, 0.25) is 0 Å². The highest BCUT2D eigenvalue weighted by Crippen LogP contribution is 2.41. The van der Waals surface area contributed by atoms with Crippen LogP contribution in [0.25, 0.3) is 0 Å². The van der Waals surface area contributed by atoms with Gasteiger partial charge in [0, 0.05) is 10.9 Å². The molecule has 2 heterocycles. The Morgan fingerprint density at radius 2 is 2.12 bits per heavy atom. The number of carboxylic acids is 1. The Morgan fingerprint density at radius 3 is 2.81 bits per heavy atom. The summed E-state index contributed by atoms with van der Waals surface area (Å²) in [6, 6.07) is 5.12. The van der Waals surface area contributed by atoms with Crippen LogP contribution in [0, 0.1) is 5.82 Å². The highest BCUT2D eigenvalue weighted by Gasteiger charge is 2.49. The van der Waals surface area contributed by atoms with E-state index in [1.807, 2.05) is 0 Å². The van der Waals surface area contributed by atoms with Crippen molar-refractivity contribution < 1.29 is 32.2 Å². The van der Waals surface area contributed by atoms with Crippen LogP contribution >= 0.6 is 11.8 Å². The van der Waals surface area contributed by atoms with Gasteiger partial charge in [-0.3, -0.25) is 4.79 Å². The molecule has 0 unspecified atom stereocenters. The van der Waals surface area contributed by atoms with Gasteiger partial charge >= 0.3 is 0 Å². The van der Waals surface area contributed by atoms with Crippen molar-refractivity contribution in [1.29, 1.82) is 0 Å². The van der Waals surface area contributed by atoms with Crippen molar-refractivity contribution in [2.45, 2.75) is 11.3 Å². The first-order chi connectivity index (χ1) is 12.2. The fourth-order valence-electron chi connectivity index (χ4n) is 2.85. The van der Waals surface area contributed by atoms with Crippen LogP contribution in [0.15, 0.2) is 29.3 Å². The van der Waals surface area contributed by atoms with E-state index in [4.69, 9.17) is 0 Å². The van der Waals surface area contributed by atoms with Crippen LogP contribution in [-0.2, 0) is 24.2 Å². The van der Waals surface area contributed by atoms with Gasteiger partial charge in [-0.2, -0.15) is 4.99 Å². The van der Waals surface area contributed by atoms with Gasteiger partial charge in [0.2, 0.25) is 0 Å². The highest BCUT2D eigenvalue weighted by atomic mass is 32.2. The monoisotopic (exact) mass is 401 g/mol. The van der Waals surface area contributed by atoms with Gasteiger partial charge in [0.25, 0.3) is 5.91 Å². The number of sulfone groups is 1. The normalized spacial score (nSPS) is 25.4. The van der Waals surface area contributed by atoms with Crippen molar-refractivity contribution in [2.24, 2.45) is 4.99 Å². The minimum Gasteiger partial charge on any atom is -0.548 e. The van der Waals surface area contributed by atoms with E-state index in [-0.39, 0.29) is 21.9 Å². The number of hydrogen-bond acceptors (Lipinski definition) is 7. The van der Waals surface area contributed by atoms with Gasteiger partial charge in [0.15, 0.2) is 15.0 Å². The third kappa shape index (κ3) is 4.22. The number of hydrogen-bond donors (Lipinski definition) is 0. The predicted octanol–water partition coefficient (Wildman–Crippen LogP) is -0.806. The lowest BCUT2D eigenvalue weighted by atomic mass is 10.2. The molecule has 140 valence electrons. The second-order valence-electron chi connectivity index (χ2n) is 5.80. The maximum atomic E-state index is 13.6. The van der Waals surface area contributed by atoms with Crippen LogP contribution in [0.1, 0.15) is 0 Å². The first-order valence-corrected chi connectivity index (χ1v) is 10.3. The summed E-state index contributed by atoms with van der Waals surface area (Å²) in [5, 5.41) is 10.2. The molecule has 0 N–H and O–H groups in total. The van der Waals surface area contributed by atoms with Crippen molar-refractivity contribution in [3.05, 3.63) is 30.1 Å². The van der Waals surface area contributed by atoms with Crippen LogP contribution in [0.5, 0.6) is 0 Å². The first-order valence-electron chi connectivity index (χ1n) is 7.56. The number of thioether (sulfide) groups is 1. The molecule has 2 aliphatic heterocycles. The third-order valence-corrected chi connectivity index (χ3v) is 7.03. The van der Waals surface area contributed by atoms with Gasteiger partial charge in [-0.15, -0.1) is 0 Å². The molecule has 2 atom stereocenters. The fourth-order valence-corrected chi connectivity index (χ4v) is 6.78. The van der Waals surface area contributed by atoms with Gasteiger partial charge in [-0.1, -0.05) is 17.8 Å². The smallest absolute Gasteiger partial charge is 0.274 e. The second kappa shape index (κ2) is 7.33. The number of carbonyl (C=O) groups is 2. The Kier molecular flexibility index (Phi) is 5.30. The lowest BCUT2D eigenvalue weighted by Crippen LogP contribution is -2.38. The number of carbonyl (C=O) groups excluding carboxylic acids is 2. The number of fused-ring (bicyclic) bond motifs is 1. The van der Waals surface area contributed by atoms with Crippen LogP contribution in [0.4, 0.5) is 10.1 Å². The zero-order chi connectivity index (χ0) is 18.9. The fraction of sp³-hybridized carbons (Fsp3) is 0.400. The number of ether oxygens (including phenoxy) is 1. The average Bonchev–Trinajstić information content (AvgIpc) is 2.97. The Morgan fingerprint density at radius 1 is 1.35 bits per heavy atom. The summed E-state index contributed by atoms with van der Waals surface area (Å²) in [5.41, 5.74) is 0.393. The molecule has 0 aromatic heterocycles. The van der Waals surface area contributed by atoms with E-state index < -0.39 is 46.8 Å². The molecular weight excluding hydrogens is 387 g/mol. The van der Waals surface area contributed by atoms with Crippen LogP contribution in [-0.4, -0.2) is 61.5 Å². The summed E-state index contributed by atoms with van der Waals surface area (Å²) < 4.78 is 42.1. The largest absolute Gasteiger partial charge is 0.548 e. The van der Waals surface area contributed by atoms with Crippen molar-refractivity contribution in [3.63, 3.8) is 0 Å². The SMILES string of the molecule is O=C([O-])COCC(=O)N=C1S[C@@H]2CS(=O)(=O)C[C@@H]2N1c1cccc(F)c1. The minimum atomic E-state index is -3.23. The minimum absolute atomic E-state index is 0.0530. The van der Waals surface area contributed by atoms with E-state index >= 15 is 0 Å². The quantitative estimate of drug-likeness (QED) is 0.629. The second-order valence-corrected chi connectivity index (χ2v) is 9.16. The number of halogens is 1. The summed E-state index contributed by atoms with van der Waals surface area (Å²) in [7, 11) is -3.23. The molecule has 2 aliphatic rings. The van der Waals surface area contributed by atoms with Crippen molar-refractivity contribution in [2.75, 3.05) is 29.6 Å². The van der Waals surface area contributed by atoms with Gasteiger partial charge in [-0.25, -0.2) is 12.8 Å². The standard InChI is InChI=1S/C15H15FN2O6S2/c16-9-2-1-3-10(4-9)18-11-7-26(22,23)8-12(11)25-15(18)17-13(19)5-24-6-14(20)21/h1-4,11-12H,5-8H2,(H,20,21)/p-1/t11-,12+/m0/s1. The van der Waals surface area contributed by atoms with E-state index in [1.54, 1.807) is 11.0 Å². The topological polar surface area (TPSA) is 116 Å². The van der Waals surface area contributed by atoms with Gasteiger partial charge in [0.05, 0.1) is 30.1 Å². The summed E-state index contributed by atoms with van der Waals surface area (Å²) in [5.74, 6) is -2.85. The van der Waals surface area contributed by atoms with Crippen molar-refractivity contribution in [3.8, 4) is 0 Å². The van der Waals surface area contributed by atoms with E-state index in [0.29, 0.717) is 5.69 Å². The predicted molar refractivity (Wildman–Crippen MR) is 91.0 cm³/mol. The molecule has 0 radical (unpaired) electrons. The van der Waals surface area contributed by atoms with Gasteiger partial charge < -0.3 is 19.5 Å². The molecule has 11 heteroatoms. The maximum Gasteiger partial charge on any atom is 0.274 e. The average molecular weight is 401 g/mol. The lowest BCUT2D eigenvalue weighted by Gasteiger charge is -2.24. The van der Waals surface area contributed by atoms with E-state index in [2.05, 4.69) is 9.73 Å². The molecule has 2 saturated heterocycles. The number of amidine groups is 1. The summed E-state index contributed by atoms with van der Waals surface area (Å²) >= 11 is 1.13. The molecule has 26 heavy (non-hydrogen) atoms. The number of anilines is 1. The number of rotatable bonds is 5. The molecule has 2 fully saturated rings. The number of amides is 1. The van der Waals surface area contributed by atoms with E-state index in [0.717, 1.165) is 11.8 Å². The van der Waals surface area contributed by atoms with E-state index in [1.165, 1.54) is 18.2 Å². The highest BCUT2D eigenvalue weighted by molar-refractivity contribution is 8.16. The maximum absolute atomic E-state index is 13.6. The number of benzene rings is 1. The molecular formula is C15H14FN2O6S2-. The number of aliphatic imine (C=N–C) groups is 1. The summed E-state index contributed by atoms with van der Waals surface area (Å²) in [6.07, 6.45) is 0. The van der Waals surface area contributed by atoms with Crippen molar-refractivity contribution in [1.82, 2.24) is 0 Å². The number of carboxylic acid groups (broad SMARTS) is 1.